The summed E-state index contributed by atoms with van der Waals surface area (Å²) in [5, 5.41) is 10.8. The number of nitrogens with zero attached hydrogens (tertiary/aromatic N) is 3. The van der Waals surface area contributed by atoms with Crippen LogP contribution in [0.1, 0.15) is 15.5 Å². The molecular weight excluding hydrogens is 226 g/mol. The van der Waals surface area contributed by atoms with E-state index >= 15 is 0 Å². The van der Waals surface area contributed by atoms with Gasteiger partial charge in [-0.3, -0.25) is 4.90 Å². The van der Waals surface area contributed by atoms with Crippen LogP contribution in [0.2, 0.25) is 0 Å². The number of carboxylic acid groups (broad SMARTS) is 1. The molecular formula is C10H15N3O2S. The van der Waals surface area contributed by atoms with E-state index in [9.17, 15) is 4.79 Å². The first kappa shape index (κ1) is 11.5. The van der Waals surface area contributed by atoms with Crippen molar-refractivity contribution in [1.82, 2.24) is 14.8 Å². The molecule has 1 aromatic heterocycles. The number of carbonyl (C=O) groups is 1. The molecule has 1 fully saturated rings. The molecule has 0 unspecified atom stereocenters. The van der Waals surface area contributed by atoms with E-state index in [-0.39, 0.29) is 5.01 Å². The molecule has 6 heteroatoms. The predicted molar refractivity (Wildman–Crippen MR) is 61.8 cm³/mol. The van der Waals surface area contributed by atoms with Crippen LogP contribution >= 0.6 is 11.3 Å². The summed E-state index contributed by atoms with van der Waals surface area (Å²) in [6.45, 7) is 4.94. The van der Waals surface area contributed by atoms with Gasteiger partial charge < -0.3 is 10.0 Å². The second-order valence-corrected chi connectivity index (χ2v) is 4.89. The number of aromatic nitrogens is 1. The van der Waals surface area contributed by atoms with Crippen molar-refractivity contribution in [2.45, 2.75) is 6.54 Å². The summed E-state index contributed by atoms with van der Waals surface area (Å²) < 4.78 is 0. The number of piperazine rings is 1. The average molecular weight is 241 g/mol. The lowest BCUT2D eigenvalue weighted by Crippen LogP contribution is -2.43. The fourth-order valence-electron chi connectivity index (χ4n) is 1.71. The third-order valence-electron chi connectivity index (χ3n) is 2.72. The van der Waals surface area contributed by atoms with Crippen molar-refractivity contribution in [3.05, 3.63) is 16.1 Å². The normalized spacial score (nSPS) is 18.8. The van der Waals surface area contributed by atoms with E-state index < -0.39 is 5.97 Å². The van der Waals surface area contributed by atoms with Crippen LogP contribution in [-0.2, 0) is 6.54 Å². The van der Waals surface area contributed by atoms with Crippen LogP contribution in [0, 0.1) is 0 Å². The van der Waals surface area contributed by atoms with E-state index in [1.54, 1.807) is 0 Å². The molecule has 0 aromatic carbocycles. The van der Waals surface area contributed by atoms with Gasteiger partial charge in [-0.05, 0) is 7.05 Å². The van der Waals surface area contributed by atoms with Crippen molar-refractivity contribution in [1.29, 1.82) is 0 Å². The van der Waals surface area contributed by atoms with Gasteiger partial charge in [-0.15, -0.1) is 11.3 Å². The Bertz CT molecular complexity index is 372. The first-order chi connectivity index (χ1) is 7.65. The highest BCUT2D eigenvalue weighted by Crippen LogP contribution is 2.12. The third-order valence-corrected chi connectivity index (χ3v) is 3.60. The number of thiazole rings is 1. The fraction of sp³-hybridized carbons (Fsp3) is 0.600. The maximum Gasteiger partial charge on any atom is 0.365 e. The van der Waals surface area contributed by atoms with Gasteiger partial charge in [0.2, 0.25) is 5.01 Å². The molecule has 0 saturated carbocycles. The van der Waals surface area contributed by atoms with Crippen molar-refractivity contribution in [2.75, 3.05) is 33.2 Å². The Balaban J connectivity index is 1.91. The molecule has 0 amide bonds. The minimum Gasteiger partial charge on any atom is -0.476 e. The van der Waals surface area contributed by atoms with Crippen LogP contribution in [0.25, 0.3) is 0 Å². The molecule has 1 N–H and O–H groups in total. The first-order valence-electron chi connectivity index (χ1n) is 5.24. The SMILES string of the molecule is CN1CCN(Cc2csc(C(=O)O)n2)CC1. The first-order valence-corrected chi connectivity index (χ1v) is 6.12. The van der Waals surface area contributed by atoms with E-state index in [2.05, 4.69) is 21.8 Å². The van der Waals surface area contributed by atoms with Gasteiger partial charge in [0.15, 0.2) is 0 Å². The lowest BCUT2D eigenvalue weighted by atomic mass is 10.3. The minimum absolute atomic E-state index is 0.184. The Hall–Kier alpha value is -0.980. The maximum atomic E-state index is 10.7. The topological polar surface area (TPSA) is 56.7 Å². The Morgan fingerprint density at radius 2 is 2.19 bits per heavy atom. The van der Waals surface area contributed by atoms with E-state index in [0.717, 1.165) is 38.4 Å². The summed E-state index contributed by atoms with van der Waals surface area (Å²) in [6.07, 6.45) is 0. The Labute approximate surface area is 98.3 Å². The molecule has 0 atom stereocenters. The molecule has 2 rings (SSSR count). The summed E-state index contributed by atoms with van der Waals surface area (Å²) in [7, 11) is 2.11. The second kappa shape index (κ2) is 4.90. The smallest absolute Gasteiger partial charge is 0.365 e. The van der Waals surface area contributed by atoms with Crippen LogP contribution in [0.5, 0.6) is 0 Å². The van der Waals surface area contributed by atoms with Gasteiger partial charge in [0.25, 0.3) is 0 Å². The zero-order valence-corrected chi connectivity index (χ0v) is 10.0. The summed E-state index contributed by atoms with van der Waals surface area (Å²) in [5.41, 5.74) is 0.868. The summed E-state index contributed by atoms with van der Waals surface area (Å²) >= 11 is 1.20. The Kier molecular flexibility index (Phi) is 3.52. The number of aromatic carboxylic acids is 1. The fourth-order valence-corrected chi connectivity index (χ4v) is 2.36. The van der Waals surface area contributed by atoms with Gasteiger partial charge in [-0.1, -0.05) is 0 Å². The van der Waals surface area contributed by atoms with Crippen LogP contribution in [0.3, 0.4) is 0 Å². The van der Waals surface area contributed by atoms with Gasteiger partial charge in [-0.2, -0.15) is 0 Å². The molecule has 16 heavy (non-hydrogen) atoms. The van der Waals surface area contributed by atoms with E-state index in [1.165, 1.54) is 11.3 Å². The van der Waals surface area contributed by atoms with E-state index in [1.807, 2.05) is 5.38 Å². The summed E-state index contributed by atoms with van der Waals surface area (Å²) in [5.74, 6) is -0.936. The highest BCUT2D eigenvalue weighted by atomic mass is 32.1. The number of likely N-dealkylation sites (N-methyl/N-ethyl adjacent to an activating group) is 1. The lowest BCUT2D eigenvalue weighted by Gasteiger charge is -2.31. The summed E-state index contributed by atoms with van der Waals surface area (Å²) in [4.78, 5) is 19.4. The van der Waals surface area contributed by atoms with Crippen LogP contribution < -0.4 is 0 Å². The average Bonchev–Trinajstić information content (AvgIpc) is 2.70. The molecule has 0 spiro atoms. The van der Waals surface area contributed by atoms with E-state index in [4.69, 9.17) is 5.11 Å². The minimum atomic E-state index is -0.936. The zero-order valence-electron chi connectivity index (χ0n) is 9.22. The lowest BCUT2D eigenvalue weighted by molar-refractivity contribution is 0.0696. The van der Waals surface area contributed by atoms with Gasteiger partial charge >= 0.3 is 5.97 Å². The Morgan fingerprint density at radius 1 is 1.50 bits per heavy atom. The maximum absolute atomic E-state index is 10.7. The number of hydrogen-bond acceptors (Lipinski definition) is 5. The highest BCUT2D eigenvalue weighted by Gasteiger charge is 2.16. The highest BCUT2D eigenvalue weighted by molar-refractivity contribution is 7.11. The molecule has 1 aliphatic heterocycles. The molecule has 0 bridgehead atoms. The largest absolute Gasteiger partial charge is 0.476 e. The van der Waals surface area contributed by atoms with Crippen molar-refractivity contribution in [3.63, 3.8) is 0 Å². The Morgan fingerprint density at radius 3 is 2.75 bits per heavy atom. The van der Waals surface area contributed by atoms with Crippen molar-refractivity contribution in [2.24, 2.45) is 0 Å². The van der Waals surface area contributed by atoms with Crippen molar-refractivity contribution < 1.29 is 9.90 Å². The molecule has 0 radical (unpaired) electrons. The molecule has 88 valence electrons. The second-order valence-electron chi connectivity index (χ2n) is 4.03. The third kappa shape index (κ3) is 2.78. The zero-order chi connectivity index (χ0) is 11.5. The van der Waals surface area contributed by atoms with Gasteiger partial charge in [-0.25, -0.2) is 9.78 Å². The van der Waals surface area contributed by atoms with Crippen molar-refractivity contribution in [3.8, 4) is 0 Å². The molecule has 1 aliphatic rings. The van der Waals surface area contributed by atoms with Crippen LogP contribution in [0.15, 0.2) is 5.38 Å². The standard InChI is InChI=1S/C10H15N3O2S/c1-12-2-4-13(5-3-12)6-8-7-16-9(11-8)10(14)15/h7H,2-6H2,1H3,(H,14,15). The molecule has 1 aromatic rings. The van der Waals surface area contributed by atoms with Gasteiger partial charge in [0.05, 0.1) is 5.69 Å². The quantitative estimate of drug-likeness (QED) is 0.839. The summed E-state index contributed by atoms with van der Waals surface area (Å²) in [6, 6.07) is 0. The predicted octanol–water partition coefficient (Wildman–Crippen LogP) is 0.589. The number of rotatable bonds is 3. The molecule has 5 nitrogen and oxygen atoms in total. The van der Waals surface area contributed by atoms with Crippen molar-refractivity contribution >= 4 is 17.3 Å². The van der Waals surface area contributed by atoms with Gasteiger partial charge in [0.1, 0.15) is 0 Å². The number of carboxylic acids is 1. The molecule has 2 heterocycles. The molecule has 0 aliphatic carbocycles. The van der Waals surface area contributed by atoms with Crippen LogP contribution in [0.4, 0.5) is 0 Å². The van der Waals surface area contributed by atoms with Crippen LogP contribution in [-0.4, -0.2) is 59.1 Å². The molecule has 1 saturated heterocycles. The monoisotopic (exact) mass is 241 g/mol. The van der Waals surface area contributed by atoms with Gasteiger partial charge in [0, 0.05) is 38.1 Å². The number of hydrogen-bond donors (Lipinski definition) is 1. The van der Waals surface area contributed by atoms with E-state index in [0.29, 0.717) is 0 Å².